The van der Waals surface area contributed by atoms with Crippen LogP contribution in [-0.2, 0) is 13.0 Å². The van der Waals surface area contributed by atoms with E-state index in [0.717, 1.165) is 17.7 Å². The van der Waals surface area contributed by atoms with Crippen LogP contribution in [0.5, 0.6) is 0 Å². The van der Waals surface area contributed by atoms with Gasteiger partial charge in [-0.3, -0.25) is 4.98 Å². The highest BCUT2D eigenvalue weighted by Crippen LogP contribution is 2.36. The zero-order chi connectivity index (χ0) is 16.4. The minimum Gasteiger partial charge on any atom is -0.365 e. The van der Waals surface area contributed by atoms with Gasteiger partial charge in [0, 0.05) is 30.7 Å². The van der Waals surface area contributed by atoms with E-state index in [1.807, 2.05) is 18.2 Å². The number of rotatable bonds is 4. The first-order chi connectivity index (χ1) is 11.8. The first-order valence-corrected chi connectivity index (χ1v) is 8.01. The monoisotopic (exact) mass is 318 g/mol. The van der Waals surface area contributed by atoms with Crippen LogP contribution in [-0.4, -0.2) is 26.2 Å². The fourth-order valence-electron chi connectivity index (χ4n) is 3.04. The normalized spacial score (nSPS) is 16.0. The van der Waals surface area contributed by atoms with Crippen LogP contribution in [0.3, 0.4) is 0 Å². The minimum atomic E-state index is 0.319. The van der Waals surface area contributed by atoms with Gasteiger partial charge in [0.2, 0.25) is 0 Å². The molecule has 0 radical (unpaired) electrons. The topological polar surface area (TPSA) is 66.8 Å². The molecule has 0 bridgehead atoms. The lowest BCUT2D eigenvalue weighted by atomic mass is 10.1. The number of anilines is 3. The van der Waals surface area contributed by atoms with Gasteiger partial charge in [0.1, 0.15) is 0 Å². The van der Waals surface area contributed by atoms with Gasteiger partial charge in [0.05, 0.1) is 6.20 Å². The predicted molar refractivity (Wildman–Crippen MR) is 93.1 cm³/mol. The molecule has 1 unspecified atom stereocenters. The van der Waals surface area contributed by atoms with Crippen LogP contribution in [0.1, 0.15) is 18.1 Å². The highest BCUT2D eigenvalue weighted by atomic mass is 15.4. The van der Waals surface area contributed by atoms with Crippen LogP contribution in [0.25, 0.3) is 0 Å². The van der Waals surface area contributed by atoms with E-state index in [0.29, 0.717) is 24.4 Å². The average molecular weight is 318 g/mol. The van der Waals surface area contributed by atoms with E-state index >= 15 is 0 Å². The predicted octanol–water partition coefficient (Wildman–Crippen LogP) is 2.96. The Morgan fingerprint density at radius 3 is 2.88 bits per heavy atom. The van der Waals surface area contributed by atoms with Crippen molar-refractivity contribution in [3.8, 4) is 0 Å². The number of benzene rings is 1. The SMILES string of the molecule is CC1Cc2ccccc2N1c1nncc(NCc2ccncc2)n1. The average Bonchev–Trinajstić information content (AvgIpc) is 2.97. The Hall–Kier alpha value is -3.02. The summed E-state index contributed by atoms with van der Waals surface area (Å²) in [6.07, 6.45) is 6.21. The molecule has 120 valence electrons. The second-order valence-electron chi connectivity index (χ2n) is 5.90. The molecular formula is C18H18N6. The minimum absolute atomic E-state index is 0.319. The van der Waals surface area contributed by atoms with Crippen molar-refractivity contribution in [3.63, 3.8) is 0 Å². The molecule has 6 nitrogen and oxygen atoms in total. The van der Waals surface area contributed by atoms with Crippen LogP contribution in [0.4, 0.5) is 17.5 Å². The molecule has 2 aromatic heterocycles. The first-order valence-electron chi connectivity index (χ1n) is 8.01. The molecule has 1 atom stereocenters. The molecule has 6 heteroatoms. The Kier molecular flexibility index (Phi) is 3.78. The Labute approximate surface area is 140 Å². The summed E-state index contributed by atoms with van der Waals surface area (Å²) in [6, 6.07) is 12.6. The number of hydrogen-bond acceptors (Lipinski definition) is 6. The van der Waals surface area contributed by atoms with Gasteiger partial charge in [-0.15, -0.1) is 5.10 Å². The van der Waals surface area contributed by atoms with Gasteiger partial charge in [-0.25, -0.2) is 0 Å². The molecule has 24 heavy (non-hydrogen) atoms. The van der Waals surface area contributed by atoms with E-state index in [9.17, 15) is 0 Å². The molecule has 0 spiro atoms. The largest absolute Gasteiger partial charge is 0.365 e. The van der Waals surface area contributed by atoms with Crippen LogP contribution in [0.2, 0.25) is 0 Å². The van der Waals surface area contributed by atoms with Crippen LogP contribution in [0, 0.1) is 0 Å². The zero-order valence-corrected chi connectivity index (χ0v) is 13.4. The standard InChI is InChI=1S/C18H18N6/c1-13-10-15-4-2-3-5-16(15)24(13)18-22-17(12-21-23-18)20-11-14-6-8-19-9-7-14/h2-9,12-13H,10-11H2,1H3,(H,20,22,23). The molecule has 1 N–H and O–H groups in total. The molecule has 0 amide bonds. The summed E-state index contributed by atoms with van der Waals surface area (Å²) >= 11 is 0. The smallest absolute Gasteiger partial charge is 0.252 e. The second kappa shape index (κ2) is 6.23. The van der Waals surface area contributed by atoms with Crippen molar-refractivity contribution < 1.29 is 0 Å². The number of nitrogens with zero attached hydrogens (tertiary/aromatic N) is 5. The summed E-state index contributed by atoms with van der Waals surface area (Å²) in [7, 11) is 0. The summed E-state index contributed by atoms with van der Waals surface area (Å²) in [4.78, 5) is 10.8. The molecule has 4 rings (SSSR count). The van der Waals surface area contributed by atoms with E-state index in [1.165, 1.54) is 5.56 Å². The van der Waals surface area contributed by atoms with Crippen molar-refractivity contribution in [1.82, 2.24) is 20.2 Å². The van der Waals surface area contributed by atoms with E-state index in [1.54, 1.807) is 18.6 Å². The van der Waals surface area contributed by atoms with Gasteiger partial charge in [-0.2, -0.15) is 10.1 Å². The quantitative estimate of drug-likeness (QED) is 0.798. The summed E-state index contributed by atoms with van der Waals surface area (Å²) in [5.41, 5.74) is 3.63. The number of para-hydroxylation sites is 1. The van der Waals surface area contributed by atoms with Crippen molar-refractivity contribution in [3.05, 3.63) is 66.1 Å². The second-order valence-corrected chi connectivity index (χ2v) is 5.90. The third-order valence-corrected chi connectivity index (χ3v) is 4.19. The van der Waals surface area contributed by atoms with Gasteiger partial charge >= 0.3 is 0 Å². The molecule has 1 aliphatic rings. The third kappa shape index (κ3) is 2.78. The summed E-state index contributed by atoms with van der Waals surface area (Å²) in [5.74, 6) is 1.35. The van der Waals surface area contributed by atoms with Crippen molar-refractivity contribution >= 4 is 17.5 Å². The maximum Gasteiger partial charge on any atom is 0.252 e. The molecule has 1 aromatic carbocycles. The lowest BCUT2D eigenvalue weighted by molar-refractivity contribution is 0.729. The number of pyridine rings is 1. The van der Waals surface area contributed by atoms with Crippen LogP contribution >= 0.6 is 0 Å². The molecule has 0 saturated heterocycles. The van der Waals surface area contributed by atoms with E-state index in [-0.39, 0.29) is 0 Å². The number of nitrogens with one attached hydrogen (secondary N) is 1. The molecule has 0 saturated carbocycles. The van der Waals surface area contributed by atoms with Gasteiger partial charge < -0.3 is 10.2 Å². The maximum absolute atomic E-state index is 4.64. The van der Waals surface area contributed by atoms with Crippen molar-refractivity contribution in [2.24, 2.45) is 0 Å². The number of hydrogen-bond donors (Lipinski definition) is 1. The third-order valence-electron chi connectivity index (χ3n) is 4.19. The Morgan fingerprint density at radius 1 is 1.17 bits per heavy atom. The molecular weight excluding hydrogens is 300 g/mol. The summed E-state index contributed by atoms with van der Waals surface area (Å²) < 4.78 is 0. The Bertz CT molecular complexity index is 836. The molecule has 0 aliphatic carbocycles. The maximum atomic E-state index is 4.64. The van der Waals surface area contributed by atoms with Crippen LogP contribution < -0.4 is 10.2 Å². The first kappa shape index (κ1) is 14.6. The lowest BCUT2D eigenvalue weighted by Crippen LogP contribution is -2.26. The fourth-order valence-corrected chi connectivity index (χ4v) is 3.04. The molecule has 1 aliphatic heterocycles. The van der Waals surface area contributed by atoms with Gasteiger partial charge in [-0.1, -0.05) is 18.2 Å². The van der Waals surface area contributed by atoms with Crippen molar-refractivity contribution in [1.29, 1.82) is 0 Å². The highest BCUT2D eigenvalue weighted by Gasteiger charge is 2.29. The Balaban J connectivity index is 1.57. The van der Waals surface area contributed by atoms with Gasteiger partial charge in [0.15, 0.2) is 5.82 Å². The van der Waals surface area contributed by atoms with Crippen LogP contribution in [0.15, 0.2) is 55.0 Å². The molecule has 3 heterocycles. The fraction of sp³-hybridized carbons (Fsp3) is 0.222. The van der Waals surface area contributed by atoms with E-state index < -0.39 is 0 Å². The number of aromatic nitrogens is 4. The van der Waals surface area contributed by atoms with Crippen molar-refractivity contribution in [2.75, 3.05) is 10.2 Å². The zero-order valence-electron chi connectivity index (χ0n) is 13.4. The highest BCUT2D eigenvalue weighted by molar-refractivity contribution is 5.67. The Morgan fingerprint density at radius 2 is 2.00 bits per heavy atom. The van der Waals surface area contributed by atoms with Gasteiger partial charge in [0.25, 0.3) is 5.95 Å². The van der Waals surface area contributed by atoms with E-state index in [4.69, 9.17) is 0 Å². The van der Waals surface area contributed by atoms with Gasteiger partial charge in [-0.05, 0) is 42.7 Å². The van der Waals surface area contributed by atoms with Crippen molar-refractivity contribution in [2.45, 2.75) is 25.9 Å². The molecule has 3 aromatic rings. The number of fused-ring (bicyclic) bond motifs is 1. The molecule has 0 fully saturated rings. The van der Waals surface area contributed by atoms with E-state index in [2.05, 4.69) is 55.5 Å². The summed E-state index contributed by atoms with van der Waals surface area (Å²) in [6.45, 7) is 2.85. The summed E-state index contributed by atoms with van der Waals surface area (Å²) in [5, 5.41) is 11.7. The lowest BCUT2D eigenvalue weighted by Gasteiger charge is -2.22.